The Morgan fingerprint density at radius 2 is 2.00 bits per heavy atom. The molecule has 0 aliphatic carbocycles. The minimum atomic E-state index is -0.598. The van der Waals surface area contributed by atoms with Gasteiger partial charge >= 0.3 is 0 Å². The first-order valence-electron chi connectivity index (χ1n) is 5.33. The summed E-state index contributed by atoms with van der Waals surface area (Å²) < 4.78 is 5.42. The molecule has 0 amide bonds. The molecule has 3 heteroatoms. The molecule has 0 aliphatic rings. The second-order valence-corrected chi connectivity index (χ2v) is 3.99. The molecule has 2 rings (SSSR count). The molecule has 0 spiro atoms. The number of aliphatic hydroxyl groups excluding tert-OH is 1. The highest BCUT2D eigenvalue weighted by atomic mass is 16.4. The van der Waals surface area contributed by atoms with Crippen molar-refractivity contribution in [1.29, 1.82) is 0 Å². The maximum absolute atomic E-state index is 9.31. The summed E-state index contributed by atoms with van der Waals surface area (Å²) in [6.07, 6.45) is 1.64. The molecule has 1 N–H and O–H groups in total. The number of rotatable bonds is 3. The molecule has 3 nitrogen and oxygen atoms in total. The van der Waals surface area contributed by atoms with E-state index in [1.165, 1.54) is 5.56 Å². The molecule has 0 saturated carbocycles. The average molecular weight is 217 g/mol. The zero-order chi connectivity index (χ0) is 11.5. The third-order valence-corrected chi connectivity index (χ3v) is 2.46. The van der Waals surface area contributed by atoms with Crippen LogP contribution in [0.3, 0.4) is 0 Å². The second-order valence-electron chi connectivity index (χ2n) is 3.99. The molecule has 0 saturated heterocycles. The topological polar surface area (TPSA) is 46.3 Å². The Balaban J connectivity index is 2.11. The Morgan fingerprint density at radius 1 is 1.31 bits per heavy atom. The smallest absolute Gasteiger partial charge is 0.198 e. The number of hydrogen-bond donors (Lipinski definition) is 1. The van der Waals surface area contributed by atoms with Gasteiger partial charge in [0.15, 0.2) is 11.7 Å². The van der Waals surface area contributed by atoms with Crippen LogP contribution in [0.2, 0.25) is 0 Å². The number of aliphatic hydroxyl groups is 1. The molecule has 0 bridgehead atoms. The van der Waals surface area contributed by atoms with Crippen molar-refractivity contribution < 1.29 is 9.52 Å². The second kappa shape index (κ2) is 4.49. The van der Waals surface area contributed by atoms with Crippen LogP contribution in [0, 0.1) is 6.92 Å². The van der Waals surface area contributed by atoms with Gasteiger partial charge in [-0.05, 0) is 19.4 Å². The monoisotopic (exact) mass is 217 g/mol. The molecule has 1 heterocycles. The van der Waals surface area contributed by atoms with Crippen molar-refractivity contribution in [3.05, 3.63) is 53.2 Å². The molecule has 1 aromatic carbocycles. The van der Waals surface area contributed by atoms with Crippen LogP contribution in [0.5, 0.6) is 0 Å². The number of hydrogen-bond acceptors (Lipinski definition) is 3. The molecule has 0 radical (unpaired) electrons. The Morgan fingerprint density at radius 3 is 2.56 bits per heavy atom. The number of benzene rings is 1. The van der Waals surface area contributed by atoms with Gasteiger partial charge in [0.1, 0.15) is 6.10 Å². The summed E-state index contributed by atoms with van der Waals surface area (Å²) in [5.41, 5.74) is 2.39. The number of oxazole rings is 1. The van der Waals surface area contributed by atoms with Crippen molar-refractivity contribution in [1.82, 2.24) is 4.98 Å². The van der Waals surface area contributed by atoms with Gasteiger partial charge in [-0.2, -0.15) is 0 Å². The van der Waals surface area contributed by atoms with Crippen molar-refractivity contribution in [3.8, 4) is 0 Å². The van der Waals surface area contributed by atoms with Crippen molar-refractivity contribution in [3.63, 3.8) is 0 Å². The van der Waals surface area contributed by atoms with E-state index in [2.05, 4.69) is 36.2 Å². The summed E-state index contributed by atoms with van der Waals surface area (Å²) in [4.78, 5) is 4.13. The van der Waals surface area contributed by atoms with Crippen LogP contribution >= 0.6 is 0 Å². The summed E-state index contributed by atoms with van der Waals surface area (Å²) in [6, 6.07) is 8.24. The lowest BCUT2D eigenvalue weighted by atomic mass is 10.1. The predicted octanol–water partition coefficient (Wildman–Crippen LogP) is 2.63. The van der Waals surface area contributed by atoms with Gasteiger partial charge in [-0.3, -0.25) is 0 Å². The van der Waals surface area contributed by atoms with E-state index in [0.29, 0.717) is 18.1 Å². The van der Waals surface area contributed by atoms with Crippen LogP contribution < -0.4 is 0 Å². The Bertz CT molecular complexity index is 457. The van der Waals surface area contributed by atoms with Crippen molar-refractivity contribution in [2.75, 3.05) is 0 Å². The van der Waals surface area contributed by atoms with Crippen molar-refractivity contribution in [2.45, 2.75) is 26.4 Å². The summed E-state index contributed by atoms with van der Waals surface area (Å²) in [5, 5.41) is 9.31. The van der Waals surface area contributed by atoms with Gasteiger partial charge in [-0.1, -0.05) is 29.8 Å². The fourth-order valence-corrected chi connectivity index (χ4v) is 1.48. The van der Waals surface area contributed by atoms with Crippen LogP contribution in [0.4, 0.5) is 0 Å². The number of nitrogens with zero attached hydrogens (tertiary/aromatic N) is 1. The van der Waals surface area contributed by atoms with E-state index in [4.69, 9.17) is 4.42 Å². The lowest BCUT2D eigenvalue weighted by Crippen LogP contribution is -1.88. The Hall–Kier alpha value is -1.61. The predicted molar refractivity (Wildman–Crippen MR) is 61.1 cm³/mol. The Kier molecular flexibility index (Phi) is 3.06. The van der Waals surface area contributed by atoms with E-state index in [9.17, 15) is 5.11 Å². The van der Waals surface area contributed by atoms with Gasteiger partial charge in [0.25, 0.3) is 0 Å². The third kappa shape index (κ3) is 2.49. The highest BCUT2D eigenvalue weighted by Crippen LogP contribution is 2.15. The molecular weight excluding hydrogens is 202 g/mol. The summed E-state index contributed by atoms with van der Waals surface area (Å²) in [6.45, 7) is 3.72. The molecule has 0 fully saturated rings. The van der Waals surface area contributed by atoms with E-state index in [0.717, 1.165) is 5.56 Å². The molecule has 1 aromatic heterocycles. The number of aryl methyl sites for hydroxylation is 1. The zero-order valence-electron chi connectivity index (χ0n) is 9.47. The molecule has 84 valence electrons. The normalized spacial score (nSPS) is 12.7. The maximum Gasteiger partial charge on any atom is 0.198 e. The first-order valence-corrected chi connectivity index (χ1v) is 5.33. The molecular formula is C13H15NO2. The van der Waals surface area contributed by atoms with Gasteiger partial charge in [0.05, 0.1) is 6.20 Å². The number of aromatic nitrogens is 1. The highest BCUT2D eigenvalue weighted by molar-refractivity contribution is 5.23. The van der Waals surface area contributed by atoms with Gasteiger partial charge < -0.3 is 9.52 Å². The van der Waals surface area contributed by atoms with Crippen LogP contribution in [0.1, 0.15) is 35.8 Å². The van der Waals surface area contributed by atoms with Gasteiger partial charge in [-0.15, -0.1) is 0 Å². The SMILES string of the molecule is Cc1ccc(Cc2ncc(C(C)O)o2)cc1. The van der Waals surface area contributed by atoms with E-state index < -0.39 is 6.10 Å². The first-order chi connectivity index (χ1) is 7.65. The fourth-order valence-electron chi connectivity index (χ4n) is 1.48. The summed E-state index contributed by atoms with van der Waals surface area (Å²) in [7, 11) is 0. The quantitative estimate of drug-likeness (QED) is 0.859. The zero-order valence-corrected chi connectivity index (χ0v) is 9.47. The molecule has 0 aliphatic heterocycles. The summed E-state index contributed by atoms with van der Waals surface area (Å²) >= 11 is 0. The van der Waals surface area contributed by atoms with Crippen LogP contribution in [0.25, 0.3) is 0 Å². The molecule has 2 aromatic rings. The van der Waals surface area contributed by atoms with Gasteiger partial charge in [0, 0.05) is 6.42 Å². The minimum Gasteiger partial charge on any atom is -0.443 e. The average Bonchev–Trinajstić information content (AvgIpc) is 2.70. The van der Waals surface area contributed by atoms with Crippen molar-refractivity contribution >= 4 is 0 Å². The lowest BCUT2D eigenvalue weighted by Gasteiger charge is -1.99. The minimum absolute atomic E-state index is 0.516. The molecule has 1 atom stereocenters. The van der Waals surface area contributed by atoms with Crippen LogP contribution in [0.15, 0.2) is 34.9 Å². The molecule has 16 heavy (non-hydrogen) atoms. The standard InChI is InChI=1S/C13H15NO2/c1-9-3-5-11(6-4-9)7-13-14-8-12(16-13)10(2)15/h3-6,8,10,15H,7H2,1-2H3. The maximum atomic E-state index is 9.31. The van der Waals surface area contributed by atoms with Crippen molar-refractivity contribution in [2.24, 2.45) is 0 Å². The molecule has 1 unspecified atom stereocenters. The van der Waals surface area contributed by atoms with E-state index in [1.54, 1.807) is 13.1 Å². The lowest BCUT2D eigenvalue weighted by molar-refractivity contribution is 0.167. The Labute approximate surface area is 94.8 Å². The van der Waals surface area contributed by atoms with E-state index in [-0.39, 0.29) is 0 Å². The van der Waals surface area contributed by atoms with Gasteiger partial charge in [0.2, 0.25) is 0 Å². The van der Waals surface area contributed by atoms with Gasteiger partial charge in [-0.25, -0.2) is 4.98 Å². The van der Waals surface area contributed by atoms with Crippen LogP contribution in [-0.2, 0) is 6.42 Å². The van der Waals surface area contributed by atoms with E-state index in [1.807, 2.05) is 0 Å². The highest BCUT2D eigenvalue weighted by Gasteiger charge is 2.08. The largest absolute Gasteiger partial charge is 0.443 e. The van der Waals surface area contributed by atoms with E-state index >= 15 is 0 Å². The first kappa shape index (κ1) is 10.9. The summed E-state index contributed by atoms with van der Waals surface area (Å²) in [5.74, 6) is 1.15. The third-order valence-electron chi connectivity index (χ3n) is 2.46. The van der Waals surface area contributed by atoms with Crippen LogP contribution in [-0.4, -0.2) is 10.1 Å². The fraction of sp³-hybridized carbons (Fsp3) is 0.308.